The van der Waals surface area contributed by atoms with Crippen molar-refractivity contribution < 1.29 is 18.7 Å². The summed E-state index contributed by atoms with van der Waals surface area (Å²) in [6.45, 7) is 2.92. The number of benzene rings is 1. The number of likely N-dealkylation sites (tertiary alicyclic amines) is 1. The van der Waals surface area contributed by atoms with E-state index in [-0.39, 0.29) is 23.7 Å². The lowest BCUT2D eigenvalue weighted by Crippen LogP contribution is -2.44. The SMILES string of the molecule is COC(=O)N1CCC(C(=O)N(C)C(c2ccc(F)cc2)c2ncccc2C)CC1. The van der Waals surface area contributed by atoms with Crippen LogP contribution in [0.15, 0.2) is 42.6 Å². The predicted octanol–water partition coefficient (Wildman–Crippen LogP) is 3.56. The highest BCUT2D eigenvalue weighted by Crippen LogP contribution is 2.31. The summed E-state index contributed by atoms with van der Waals surface area (Å²) in [7, 11) is 3.12. The first kappa shape index (κ1) is 20.8. The van der Waals surface area contributed by atoms with Crippen LogP contribution in [0.3, 0.4) is 0 Å². The number of amides is 2. The van der Waals surface area contributed by atoms with Gasteiger partial charge in [-0.25, -0.2) is 9.18 Å². The Kier molecular flexibility index (Phi) is 6.46. The molecule has 0 bridgehead atoms. The molecule has 0 aliphatic carbocycles. The Hall–Kier alpha value is -2.96. The van der Waals surface area contributed by atoms with E-state index in [1.807, 2.05) is 19.1 Å². The maximum Gasteiger partial charge on any atom is 0.409 e. The molecule has 1 saturated heterocycles. The lowest BCUT2D eigenvalue weighted by Gasteiger charge is -2.35. The minimum atomic E-state index is -0.414. The average molecular weight is 399 g/mol. The summed E-state index contributed by atoms with van der Waals surface area (Å²) < 4.78 is 18.2. The number of methoxy groups -OCH3 is 1. The summed E-state index contributed by atoms with van der Waals surface area (Å²) in [5, 5.41) is 0. The van der Waals surface area contributed by atoms with Crippen molar-refractivity contribution in [2.45, 2.75) is 25.8 Å². The largest absolute Gasteiger partial charge is 0.453 e. The van der Waals surface area contributed by atoms with Crippen molar-refractivity contribution in [1.82, 2.24) is 14.8 Å². The Morgan fingerprint density at radius 3 is 2.45 bits per heavy atom. The van der Waals surface area contributed by atoms with Crippen LogP contribution < -0.4 is 0 Å². The Morgan fingerprint density at radius 2 is 1.86 bits per heavy atom. The molecule has 1 aliphatic heterocycles. The summed E-state index contributed by atoms with van der Waals surface area (Å²) in [6, 6.07) is 9.57. The fourth-order valence-corrected chi connectivity index (χ4v) is 3.85. The molecule has 1 aromatic carbocycles. The number of aryl methyl sites for hydroxylation is 1. The van der Waals surface area contributed by atoms with E-state index in [9.17, 15) is 14.0 Å². The standard InChI is InChI=1S/C22H26FN3O3/c1-15-5-4-12-24-19(15)20(16-6-8-18(23)9-7-16)25(2)21(27)17-10-13-26(14-11-17)22(28)29-3/h4-9,12,17,20H,10-11,13-14H2,1-3H3. The van der Waals surface area contributed by atoms with Crippen LogP contribution >= 0.6 is 0 Å². The number of halogens is 1. The van der Waals surface area contributed by atoms with Gasteiger partial charge < -0.3 is 14.5 Å². The first-order valence-corrected chi connectivity index (χ1v) is 9.69. The van der Waals surface area contributed by atoms with Crippen LogP contribution in [0.1, 0.15) is 35.7 Å². The minimum absolute atomic E-state index is 0.00565. The number of ether oxygens (including phenoxy) is 1. The summed E-state index contributed by atoms with van der Waals surface area (Å²) in [5.74, 6) is -0.517. The monoisotopic (exact) mass is 399 g/mol. The quantitative estimate of drug-likeness (QED) is 0.789. The number of hydrogen-bond acceptors (Lipinski definition) is 4. The molecule has 3 rings (SSSR count). The van der Waals surface area contributed by atoms with Crippen molar-refractivity contribution in [3.63, 3.8) is 0 Å². The van der Waals surface area contributed by atoms with Gasteiger partial charge in [0, 0.05) is 32.3 Å². The molecule has 2 amide bonds. The Bertz CT molecular complexity index is 864. The van der Waals surface area contributed by atoms with Gasteiger partial charge in [-0.2, -0.15) is 0 Å². The smallest absolute Gasteiger partial charge is 0.409 e. The van der Waals surface area contributed by atoms with Gasteiger partial charge in [0.15, 0.2) is 0 Å². The van der Waals surface area contributed by atoms with Crippen LogP contribution in [0.4, 0.5) is 9.18 Å². The second-order valence-corrected chi connectivity index (χ2v) is 7.34. The molecule has 1 unspecified atom stereocenters. The summed E-state index contributed by atoms with van der Waals surface area (Å²) >= 11 is 0. The van der Waals surface area contributed by atoms with Gasteiger partial charge in [-0.05, 0) is 49.1 Å². The second-order valence-electron chi connectivity index (χ2n) is 7.34. The number of hydrogen-bond donors (Lipinski definition) is 0. The van der Waals surface area contributed by atoms with Crippen molar-refractivity contribution in [2.75, 3.05) is 27.2 Å². The van der Waals surface area contributed by atoms with E-state index < -0.39 is 6.04 Å². The molecule has 7 heteroatoms. The van der Waals surface area contributed by atoms with Crippen molar-refractivity contribution in [1.29, 1.82) is 0 Å². The van der Waals surface area contributed by atoms with Crippen molar-refractivity contribution in [2.24, 2.45) is 5.92 Å². The van der Waals surface area contributed by atoms with E-state index in [2.05, 4.69) is 4.98 Å². The Labute approximate surface area is 170 Å². The normalized spacial score (nSPS) is 15.7. The average Bonchev–Trinajstić information content (AvgIpc) is 2.75. The van der Waals surface area contributed by atoms with E-state index in [4.69, 9.17) is 4.74 Å². The minimum Gasteiger partial charge on any atom is -0.453 e. The van der Waals surface area contributed by atoms with Gasteiger partial charge in [0.1, 0.15) is 5.82 Å². The predicted molar refractivity (Wildman–Crippen MR) is 107 cm³/mol. The highest BCUT2D eigenvalue weighted by Gasteiger charge is 2.33. The fourth-order valence-electron chi connectivity index (χ4n) is 3.85. The van der Waals surface area contributed by atoms with Crippen LogP contribution in [-0.4, -0.2) is 54.0 Å². The van der Waals surface area contributed by atoms with Gasteiger partial charge in [0.25, 0.3) is 0 Å². The number of pyridine rings is 1. The zero-order valence-electron chi connectivity index (χ0n) is 17.0. The number of piperidine rings is 1. The van der Waals surface area contributed by atoms with Gasteiger partial charge in [-0.3, -0.25) is 9.78 Å². The Morgan fingerprint density at radius 1 is 1.21 bits per heavy atom. The molecule has 0 saturated carbocycles. The number of rotatable bonds is 4. The summed E-state index contributed by atoms with van der Waals surface area (Å²) in [5.41, 5.74) is 2.53. The third-order valence-electron chi connectivity index (χ3n) is 5.51. The van der Waals surface area contributed by atoms with Crippen LogP contribution in [0.2, 0.25) is 0 Å². The molecule has 2 aromatic rings. The topological polar surface area (TPSA) is 62.7 Å². The molecule has 1 aromatic heterocycles. The van der Waals surface area contributed by atoms with Gasteiger partial charge in [-0.1, -0.05) is 18.2 Å². The molecule has 6 nitrogen and oxygen atoms in total. The van der Waals surface area contributed by atoms with Crippen molar-refractivity contribution in [3.05, 3.63) is 65.2 Å². The number of carbonyl (C=O) groups is 2. The third kappa shape index (κ3) is 4.55. The van der Waals surface area contributed by atoms with E-state index in [1.54, 1.807) is 35.2 Å². The first-order chi connectivity index (χ1) is 13.9. The first-order valence-electron chi connectivity index (χ1n) is 9.69. The molecule has 29 heavy (non-hydrogen) atoms. The maximum atomic E-state index is 13.5. The van der Waals surface area contributed by atoms with Crippen molar-refractivity contribution >= 4 is 12.0 Å². The lowest BCUT2D eigenvalue weighted by molar-refractivity contribution is -0.137. The van der Waals surface area contributed by atoms with E-state index in [0.29, 0.717) is 25.9 Å². The zero-order chi connectivity index (χ0) is 21.0. The molecule has 154 valence electrons. The summed E-state index contributed by atoms with van der Waals surface area (Å²) in [4.78, 5) is 32.8. The van der Waals surface area contributed by atoms with Gasteiger partial charge >= 0.3 is 6.09 Å². The lowest BCUT2D eigenvalue weighted by atomic mass is 9.92. The van der Waals surface area contributed by atoms with Gasteiger partial charge in [-0.15, -0.1) is 0 Å². The van der Waals surface area contributed by atoms with Crippen LogP contribution in [0.5, 0.6) is 0 Å². The number of aromatic nitrogens is 1. The number of carbonyl (C=O) groups excluding carboxylic acids is 2. The second kappa shape index (κ2) is 9.03. The molecule has 1 fully saturated rings. The zero-order valence-corrected chi connectivity index (χ0v) is 17.0. The molecule has 0 spiro atoms. The molecular formula is C22H26FN3O3. The molecule has 0 radical (unpaired) electrons. The highest BCUT2D eigenvalue weighted by molar-refractivity contribution is 5.80. The van der Waals surface area contributed by atoms with Crippen LogP contribution in [-0.2, 0) is 9.53 Å². The van der Waals surface area contributed by atoms with E-state index >= 15 is 0 Å². The maximum absolute atomic E-state index is 13.5. The molecule has 1 atom stereocenters. The van der Waals surface area contributed by atoms with Gasteiger partial charge in [0.2, 0.25) is 5.91 Å². The molecule has 2 heterocycles. The third-order valence-corrected chi connectivity index (χ3v) is 5.51. The molecular weight excluding hydrogens is 373 g/mol. The molecule has 0 N–H and O–H groups in total. The fraction of sp³-hybridized carbons (Fsp3) is 0.409. The highest BCUT2D eigenvalue weighted by atomic mass is 19.1. The summed E-state index contributed by atoms with van der Waals surface area (Å²) in [6.07, 6.45) is 2.49. The Balaban J connectivity index is 1.84. The van der Waals surface area contributed by atoms with E-state index in [1.165, 1.54) is 19.2 Å². The molecule has 1 aliphatic rings. The van der Waals surface area contributed by atoms with Gasteiger partial charge in [0.05, 0.1) is 18.8 Å². The van der Waals surface area contributed by atoms with Crippen LogP contribution in [0.25, 0.3) is 0 Å². The van der Waals surface area contributed by atoms with Crippen LogP contribution in [0, 0.1) is 18.7 Å². The number of nitrogens with zero attached hydrogens (tertiary/aromatic N) is 3. The van der Waals surface area contributed by atoms with E-state index in [0.717, 1.165) is 16.8 Å². The van der Waals surface area contributed by atoms with Crippen molar-refractivity contribution in [3.8, 4) is 0 Å².